The fourth-order valence-electron chi connectivity index (χ4n) is 4.77. The van der Waals surface area contributed by atoms with Crippen molar-refractivity contribution in [2.45, 2.75) is 45.6 Å². The molecule has 0 saturated heterocycles. The van der Waals surface area contributed by atoms with Gasteiger partial charge in [0.2, 0.25) is 0 Å². The monoisotopic (exact) mass is 297 g/mol. The zero-order chi connectivity index (χ0) is 15.7. The van der Waals surface area contributed by atoms with Crippen LogP contribution >= 0.6 is 0 Å². The van der Waals surface area contributed by atoms with E-state index in [0.717, 1.165) is 24.8 Å². The molecule has 0 spiro atoms. The minimum absolute atomic E-state index is 0.158. The second-order valence-electron chi connectivity index (χ2n) is 7.69. The number of fused-ring (bicyclic) bond motifs is 2. The second kappa shape index (κ2) is 5.77. The van der Waals surface area contributed by atoms with Gasteiger partial charge in [-0.1, -0.05) is 49.3 Å². The zero-order valence-corrected chi connectivity index (χ0v) is 13.3. The number of rotatable bonds is 3. The number of ketones is 1. The Morgan fingerprint density at radius 3 is 2.68 bits per heavy atom. The van der Waals surface area contributed by atoms with E-state index in [1.165, 1.54) is 0 Å². The van der Waals surface area contributed by atoms with Crippen LogP contribution in [0.1, 0.15) is 51.1 Å². The predicted octanol–water partition coefficient (Wildman–Crippen LogP) is 5.07. The van der Waals surface area contributed by atoms with Gasteiger partial charge in [0.25, 0.3) is 0 Å². The van der Waals surface area contributed by atoms with Crippen molar-refractivity contribution in [3.05, 3.63) is 46.3 Å². The summed E-state index contributed by atoms with van der Waals surface area (Å²) in [6.07, 6.45) is 3.93. The first-order chi connectivity index (χ1) is 10.5. The van der Waals surface area contributed by atoms with Crippen LogP contribution in [-0.4, -0.2) is 5.78 Å². The third-order valence-corrected chi connectivity index (χ3v) is 5.32. The lowest BCUT2D eigenvalue weighted by Gasteiger charge is -2.48. The maximum absolute atomic E-state index is 12.7. The van der Waals surface area contributed by atoms with E-state index in [4.69, 9.17) is 5.53 Å². The highest BCUT2D eigenvalue weighted by Crippen LogP contribution is 2.52. The first-order valence-corrected chi connectivity index (χ1v) is 8.12. The van der Waals surface area contributed by atoms with Gasteiger partial charge >= 0.3 is 0 Å². The van der Waals surface area contributed by atoms with Gasteiger partial charge in [0.1, 0.15) is 5.78 Å². The Morgan fingerprint density at radius 1 is 1.27 bits per heavy atom. The molecule has 0 radical (unpaired) electrons. The third-order valence-electron chi connectivity index (χ3n) is 5.32. The van der Waals surface area contributed by atoms with E-state index < -0.39 is 0 Å². The molecule has 4 heteroatoms. The van der Waals surface area contributed by atoms with Crippen LogP contribution in [0.25, 0.3) is 10.4 Å². The number of hydrogen-bond acceptors (Lipinski definition) is 2. The average molecular weight is 297 g/mol. The summed E-state index contributed by atoms with van der Waals surface area (Å²) in [5, 5.41) is 4.02. The topological polar surface area (TPSA) is 65.8 Å². The Labute approximate surface area is 131 Å². The fraction of sp³-hybridized carbons (Fsp3) is 0.611. The molecule has 0 aliphatic heterocycles. The molecule has 2 fully saturated rings. The van der Waals surface area contributed by atoms with Crippen molar-refractivity contribution in [3.8, 4) is 0 Å². The Bertz CT molecular complexity index is 604. The number of azide groups is 1. The van der Waals surface area contributed by atoms with Crippen LogP contribution < -0.4 is 0 Å². The minimum Gasteiger partial charge on any atom is -0.299 e. The van der Waals surface area contributed by atoms with Crippen molar-refractivity contribution in [1.82, 2.24) is 0 Å². The molecule has 3 unspecified atom stereocenters. The van der Waals surface area contributed by atoms with E-state index in [2.05, 4.69) is 23.9 Å². The van der Waals surface area contributed by atoms with Gasteiger partial charge in [-0.25, -0.2) is 0 Å². The van der Waals surface area contributed by atoms with Gasteiger partial charge in [-0.05, 0) is 47.6 Å². The van der Waals surface area contributed by atoms with Crippen LogP contribution in [0.3, 0.4) is 0 Å². The molecule has 4 nitrogen and oxygen atoms in total. The lowest BCUT2D eigenvalue weighted by Crippen LogP contribution is -2.43. The van der Waals surface area contributed by atoms with Crippen LogP contribution in [0.15, 0.2) is 35.4 Å². The molecule has 116 valence electrons. The van der Waals surface area contributed by atoms with Gasteiger partial charge in [0.15, 0.2) is 0 Å². The Hall–Kier alpha value is -1.80. The van der Waals surface area contributed by atoms with Crippen LogP contribution in [0.5, 0.6) is 0 Å². The summed E-state index contributed by atoms with van der Waals surface area (Å²) < 4.78 is 0. The summed E-state index contributed by atoms with van der Waals surface area (Å²) in [6, 6.07) is 9.39. The number of nitrogens with zero attached hydrogens (tertiary/aromatic N) is 3. The first kappa shape index (κ1) is 15.1. The molecule has 2 aliphatic rings. The molecular formula is C18H23N3O. The largest absolute Gasteiger partial charge is 0.299 e. The average Bonchev–Trinajstić information content (AvgIpc) is 2.45. The molecule has 4 atom stereocenters. The second-order valence-corrected chi connectivity index (χ2v) is 7.69. The summed E-state index contributed by atoms with van der Waals surface area (Å²) in [5.41, 5.74) is 10.2. The summed E-state index contributed by atoms with van der Waals surface area (Å²) in [4.78, 5) is 15.8. The Kier molecular flexibility index (Phi) is 3.96. The van der Waals surface area contributed by atoms with Gasteiger partial charge in [0, 0.05) is 17.3 Å². The number of benzene rings is 1. The Balaban J connectivity index is 1.96. The molecule has 1 aromatic rings. The minimum atomic E-state index is -0.362. The fourth-order valence-corrected chi connectivity index (χ4v) is 4.77. The molecular weight excluding hydrogens is 274 g/mol. The van der Waals surface area contributed by atoms with Crippen molar-refractivity contribution in [1.29, 1.82) is 0 Å². The third kappa shape index (κ3) is 2.89. The first-order valence-electron chi connectivity index (χ1n) is 8.12. The van der Waals surface area contributed by atoms with Crippen molar-refractivity contribution < 1.29 is 4.79 Å². The molecule has 0 heterocycles. The molecule has 22 heavy (non-hydrogen) atoms. The van der Waals surface area contributed by atoms with Crippen LogP contribution in [0.2, 0.25) is 0 Å². The summed E-state index contributed by atoms with van der Waals surface area (Å²) >= 11 is 0. The Morgan fingerprint density at radius 2 is 2.00 bits per heavy atom. The highest BCUT2D eigenvalue weighted by Gasteiger charge is 2.47. The maximum Gasteiger partial charge on any atom is 0.137 e. The quantitative estimate of drug-likeness (QED) is 0.436. The number of carbonyl (C=O) groups is 1. The van der Waals surface area contributed by atoms with Gasteiger partial charge < -0.3 is 0 Å². The van der Waals surface area contributed by atoms with Gasteiger partial charge in [-0.3, -0.25) is 4.79 Å². The summed E-state index contributed by atoms with van der Waals surface area (Å²) in [6.45, 7) is 4.59. The molecule has 0 aromatic heterocycles. The highest BCUT2D eigenvalue weighted by atomic mass is 16.1. The molecule has 1 aromatic carbocycles. The molecule has 0 N–H and O–H groups in total. The van der Waals surface area contributed by atoms with E-state index in [1.54, 1.807) is 0 Å². The van der Waals surface area contributed by atoms with Crippen molar-refractivity contribution in [2.75, 3.05) is 0 Å². The van der Waals surface area contributed by atoms with E-state index in [0.29, 0.717) is 18.3 Å². The van der Waals surface area contributed by atoms with Crippen molar-refractivity contribution >= 4 is 5.78 Å². The van der Waals surface area contributed by atoms with Gasteiger partial charge in [-0.15, -0.1) is 0 Å². The predicted molar refractivity (Wildman–Crippen MR) is 86.1 cm³/mol. The summed E-state index contributed by atoms with van der Waals surface area (Å²) in [7, 11) is 0. The normalized spacial score (nSPS) is 31.2. The van der Waals surface area contributed by atoms with E-state index in [-0.39, 0.29) is 23.2 Å². The molecule has 2 aliphatic carbocycles. The number of hydrogen-bond donors (Lipinski definition) is 0. The molecule has 3 rings (SSSR count). The highest BCUT2D eigenvalue weighted by molar-refractivity contribution is 5.83. The number of carbonyl (C=O) groups excluding carboxylic acids is 1. The lowest BCUT2D eigenvalue weighted by atomic mass is 9.57. The van der Waals surface area contributed by atoms with E-state index in [1.807, 2.05) is 30.3 Å². The smallest absolute Gasteiger partial charge is 0.137 e. The van der Waals surface area contributed by atoms with E-state index in [9.17, 15) is 4.79 Å². The lowest BCUT2D eigenvalue weighted by molar-refractivity contribution is -0.133. The summed E-state index contributed by atoms with van der Waals surface area (Å²) in [5.74, 6) is 0.984. The van der Waals surface area contributed by atoms with E-state index >= 15 is 0 Å². The molecule has 2 bridgehead atoms. The van der Waals surface area contributed by atoms with Gasteiger partial charge in [0.05, 0.1) is 6.04 Å². The van der Waals surface area contributed by atoms with Crippen molar-refractivity contribution in [3.63, 3.8) is 0 Å². The maximum atomic E-state index is 12.7. The van der Waals surface area contributed by atoms with Crippen LogP contribution in [0.4, 0.5) is 0 Å². The molecule has 0 amide bonds. The zero-order valence-electron chi connectivity index (χ0n) is 13.3. The SMILES string of the molecule is CC1(C)CC2CC(=O)[C@@H](C(N=[N+]=[N-])c3ccccc3)C(C2)C1. The van der Waals surface area contributed by atoms with Crippen LogP contribution in [0, 0.1) is 23.2 Å². The van der Waals surface area contributed by atoms with Crippen molar-refractivity contribution in [2.24, 2.45) is 28.3 Å². The number of Topliss-reactive ketones (excluding diaryl/α,β-unsaturated/α-hetero) is 1. The van der Waals surface area contributed by atoms with Crippen LogP contribution in [-0.2, 0) is 4.79 Å². The molecule has 2 saturated carbocycles. The standard InChI is InChI=1S/C18H23N3O/c1-18(2)10-12-8-14(11-18)16(15(22)9-12)17(20-21-19)13-6-4-3-5-7-13/h3-7,12,14,16-17H,8-11H2,1-2H3/t12?,14?,16-,17?/m0/s1. The van der Waals surface area contributed by atoms with Gasteiger partial charge in [-0.2, -0.15) is 0 Å².